The van der Waals surface area contributed by atoms with Gasteiger partial charge in [-0.25, -0.2) is 4.79 Å². The minimum absolute atomic E-state index is 0.0323. The second-order valence-corrected chi connectivity index (χ2v) is 7.59. The Morgan fingerprint density at radius 3 is 2.53 bits per heavy atom. The Hall–Kier alpha value is -0.770. The van der Waals surface area contributed by atoms with Crippen molar-refractivity contribution in [1.29, 1.82) is 0 Å². The molecule has 0 aromatic heterocycles. The fraction of sp³-hybridized carbons (Fsp3) is 0.933. The van der Waals surface area contributed by atoms with Crippen molar-refractivity contribution in [3.05, 3.63) is 0 Å². The summed E-state index contributed by atoms with van der Waals surface area (Å²) in [5.74, 6) is 0. The first kappa shape index (κ1) is 14.6. The summed E-state index contributed by atoms with van der Waals surface area (Å²) in [6.07, 6.45) is 4.56. The Bertz CT molecular complexity index is 347. The van der Waals surface area contributed by atoms with Crippen LogP contribution in [0.15, 0.2) is 0 Å². The number of amides is 1. The molecule has 4 nitrogen and oxygen atoms in total. The van der Waals surface area contributed by atoms with Gasteiger partial charge in [0, 0.05) is 18.1 Å². The molecule has 2 aliphatic rings. The van der Waals surface area contributed by atoms with Gasteiger partial charge in [0.1, 0.15) is 5.60 Å². The number of nitrogens with zero attached hydrogens (tertiary/aromatic N) is 1. The number of piperazine rings is 1. The molecule has 0 aromatic carbocycles. The van der Waals surface area contributed by atoms with Crippen LogP contribution in [-0.2, 0) is 4.74 Å². The maximum Gasteiger partial charge on any atom is 0.410 e. The number of rotatable bonds is 0. The van der Waals surface area contributed by atoms with E-state index in [4.69, 9.17) is 4.74 Å². The third kappa shape index (κ3) is 3.62. The van der Waals surface area contributed by atoms with E-state index in [0.717, 1.165) is 19.4 Å². The van der Waals surface area contributed by atoms with Crippen molar-refractivity contribution < 1.29 is 9.53 Å². The lowest BCUT2D eigenvalue weighted by molar-refractivity contribution is -0.0166. The molecule has 0 aromatic rings. The van der Waals surface area contributed by atoms with Crippen LogP contribution >= 0.6 is 0 Å². The van der Waals surface area contributed by atoms with Gasteiger partial charge in [0.15, 0.2) is 0 Å². The first-order valence-corrected chi connectivity index (χ1v) is 7.45. The molecule has 19 heavy (non-hydrogen) atoms. The molecule has 2 rings (SSSR count). The van der Waals surface area contributed by atoms with Crippen molar-refractivity contribution >= 4 is 6.09 Å². The second-order valence-electron chi connectivity index (χ2n) is 7.59. The SMILES string of the molecule is CC1(C)CN(C(=O)OC(C)(C)C)[C@H]2CCCC[C@@H]2N1. The molecule has 1 heterocycles. The lowest BCUT2D eigenvalue weighted by atomic mass is 9.83. The van der Waals surface area contributed by atoms with Crippen molar-refractivity contribution in [3.8, 4) is 0 Å². The lowest BCUT2D eigenvalue weighted by Gasteiger charge is -2.51. The van der Waals surface area contributed by atoms with Crippen LogP contribution in [-0.4, -0.2) is 40.8 Å². The Balaban J connectivity index is 2.13. The minimum Gasteiger partial charge on any atom is -0.444 e. The molecule has 2 atom stereocenters. The first-order chi connectivity index (χ1) is 8.68. The fourth-order valence-corrected chi connectivity index (χ4v) is 3.26. The zero-order valence-electron chi connectivity index (χ0n) is 13.0. The minimum atomic E-state index is -0.420. The van der Waals surface area contributed by atoms with Crippen LogP contribution in [0.25, 0.3) is 0 Å². The number of carbonyl (C=O) groups excluding carboxylic acids is 1. The third-order valence-corrected chi connectivity index (χ3v) is 3.90. The molecule has 1 amide bonds. The number of hydrogen-bond acceptors (Lipinski definition) is 3. The zero-order valence-corrected chi connectivity index (χ0v) is 13.0. The Morgan fingerprint density at radius 1 is 1.26 bits per heavy atom. The van der Waals surface area contributed by atoms with Gasteiger partial charge in [0.2, 0.25) is 0 Å². The summed E-state index contributed by atoms with van der Waals surface area (Å²) in [4.78, 5) is 14.4. The molecular formula is C15H28N2O2. The Morgan fingerprint density at radius 2 is 1.89 bits per heavy atom. The normalized spacial score (nSPS) is 30.7. The molecule has 0 spiro atoms. The highest BCUT2D eigenvalue weighted by Gasteiger charge is 2.43. The van der Waals surface area contributed by atoms with Crippen molar-refractivity contribution in [2.45, 2.75) is 83.5 Å². The van der Waals surface area contributed by atoms with Crippen LogP contribution in [0.2, 0.25) is 0 Å². The Kier molecular flexibility index (Phi) is 3.83. The molecule has 0 unspecified atom stereocenters. The van der Waals surface area contributed by atoms with E-state index < -0.39 is 5.60 Å². The van der Waals surface area contributed by atoms with E-state index >= 15 is 0 Å². The van der Waals surface area contributed by atoms with Gasteiger partial charge in [-0.3, -0.25) is 0 Å². The molecule has 1 aliphatic heterocycles. The van der Waals surface area contributed by atoms with E-state index in [2.05, 4.69) is 19.2 Å². The quantitative estimate of drug-likeness (QED) is 0.734. The van der Waals surface area contributed by atoms with Crippen LogP contribution in [0.1, 0.15) is 60.3 Å². The van der Waals surface area contributed by atoms with E-state index in [1.807, 2.05) is 25.7 Å². The Labute approximate surface area is 116 Å². The van der Waals surface area contributed by atoms with Crippen LogP contribution in [0.4, 0.5) is 4.79 Å². The molecule has 4 heteroatoms. The summed E-state index contributed by atoms with van der Waals surface area (Å²) in [7, 11) is 0. The van der Waals surface area contributed by atoms with Crippen LogP contribution in [0.3, 0.4) is 0 Å². The molecule has 1 N–H and O–H groups in total. The maximum atomic E-state index is 12.4. The lowest BCUT2D eigenvalue weighted by Crippen LogP contribution is -2.68. The number of nitrogens with one attached hydrogen (secondary N) is 1. The number of ether oxygens (including phenoxy) is 1. The van der Waals surface area contributed by atoms with Gasteiger partial charge in [-0.05, 0) is 47.5 Å². The van der Waals surface area contributed by atoms with Gasteiger partial charge in [0.25, 0.3) is 0 Å². The highest BCUT2D eigenvalue weighted by Crippen LogP contribution is 2.31. The van der Waals surface area contributed by atoms with Gasteiger partial charge in [-0.2, -0.15) is 0 Å². The van der Waals surface area contributed by atoms with E-state index in [1.165, 1.54) is 12.8 Å². The van der Waals surface area contributed by atoms with Crippen LogP contribution in [0.5, 0.6) is 0 Å². The zero-order chi connectivity index (χ0) is 14.3. The molecule has 110 valence electrons. The van der Waals surface area contributed by atoms with Crippen molar-refractivity contribution in [3.63, 3.8) is 0 Å². The van der Waals surface area contributed by atoms with Gasteiger partial charge in [-0.1, -0.05) is 12.8 Å². The molecule has 0 bridgehead atoms. The van der Waals surface area contributed by atoms with E-state index in [-0.39, 0.29) is 11.6 Å². The monoisotopic (exact) mass is 268 g/mol. The van der Waals surface area contributed by atoms with Gasteiger partial charge < -0.3 is 15.0 Å². The van der Waals surface area contributed by atoms with E-state index in [0.29, 0.717) is 12.1 Å². The number of fused-ring (bicyclic) bond motifs is 1. The number of hydrogen-bond donors (Lipinski definition) is 1. The van der Waals surface area contributed by atoms with E-state index in [1.54, 1.807) is 0 Å². The standard InChI is InChI=1S/C15H28N2O2/c1-14(2,3)19-13(18)17-10-15(4,5)16-11-8-6-7-9-12(11)17/h11-12,16H,6-10H2,1-5H3/t11-,12-/m0/s1. The summed E-state index contributed by atoms with van der Waals surface area (Å²) in [5, 5.41) is 3.69. The molecule has 1 saturated heterocycles. The highest BCUT2D eigenvalue weighted by molar-refractivity contribution is 5.69. The smallest absolute Gasteiger partial charge is 0.410 e. The summed E-state index contributed by atoms with van der Waals surface area (Å²) in [6.45, 7) is 10.8. The summed E-state index contributed by atoms with van der Waals surface area (Å²) in [5.41, 5.74) is -0.453. The van der Waals surface area contributed by atoms with Crippen molar-refractivity contribution in [2.75, 3.05) is 6.54 Å². The van der Waals surface area contributed by atoms with Gasteiger partial charge in [-0.15, -0.1) is 0 Å². The molecule has 1 aliphatic carbocycles. The predicted octanol–water partition coefficient (Wildman–Crippen LogP) is 2.92. The molecule has 0 radical (unpaired) electrons. The van der Waals surface area contributed by atoms with Crippen LogP contribution < -0.4 is 5.32 Å². The molecule has 2 fully saturated rings. The summed E-state index contributed by atoms with van der Waals surface area (Å²) in [6, 6.07) is 0.724. The van der Waals surface area contributed by atoms with Gasteiger partial charge in [0.05, 0.1) is 6.04 Å². The number of carbonyl (C=O) groups is 1. The van der Waals surface area contributed by atoms with Gasteiger partial charge >= 0.3 is 6.09 Å². The van der Waals surface area contributed by atoms with E-state index in [9.17, 15) is 4.79 Å². The fourth-order valence-electron chi connectivity index (χ4n) is 3.26. The van der Waals surface area contributed by atoms with Crippen molar-refractivity contribution in [1.82, 2.24) is 10.2 Å². The third-order valence-electron chi connectivity index (χ3n) is 3.90. The maximum absolute atomic E-state index is 12.4. The predicted molar refractivity (Wildman–Crippen MR) is 76.2 cm³/mol. The molecular weight excluding hydrogens is 240 g/mol. The van der Waals surface area contributed by atoms with Crippen LogP contribution in [0, 0.1) is 0 Å². The topological polar surface area (TPSA) is 41.6 Å². The highest BCUT2D eigenvalue weighted by atomic mass is 16.6. The summed E-state index contributed by atoms with van der Waals surface area (Å²) < 4.78 is 5.58. The average Bonchev–Trinajstić information content (AvgIpc) is 2.24. The largest absolute Gasteiger partial charge is 0.444 e. The second kappa shape index (κ2) is 4.97. The van der Waals surface area contributed by atoms with Crippen molar-refractivity contribution in [2.24, 2.45) is 0 Å². The first-order valence-electron chi connectivity index (χ1n) is 7.45. The average molecular weight is 268 g/mol. The molecule has 1 saturated carbocycles. The summed E-state index contributed by atoms with van der Waals surface area (Å²) >= 11 is 0.